The number of carbonyl (C=O) groups is 1. The molecule has 0 bridgehead atoms. The van der Waals surface area contributed by atoms with E-state index in [1.807, 2.05) is 70.2 Å². The van der Waals surface area contributed by atoms with Crippen LogP contribution in [0.25, 0.3) is 0 Å². The molecule has 1 fully saturated rings. The number of aromatic nitrogens is 2. The molecule has 0 aliphatic carbocycles. The van der Waals surface area contributed by atoms with E-state index in [1.165, 1.54) is 25.9 Å². The van der Waals surface area contributed by atoms with Gasteiger partial charge in [-0.15, -0.1) is 0 Å². The summed E-state index contributed by atoms with van der Waals surface area (Å²) < 4.78 is 5.89. The van der Waals surface area contributed by atoms with E-state index in [-0.39, 0.29) is 11.4 Å². The summed E-state index contributed by atoms with van der Waals surface area (Å²) in [5, 5.41) is 9.56. The van der Waals surface area contributed by atoms with E-state index >= 15 is 0 Å². The van der Waals surface area contributed by atoms with Crippen LogP contribution in [-0.2, 0) is 0 Å². The molecule has 4 rings (SSSR count). The van der Waals surface area contributed by atoms with Crippen LogP contribution in [0.15, 0.2) is 54.7 Å². The summed E-state index contributed by atoms with van der Waals surface area (Å²) in [7, 11) is 0. The van der Waals surface area contributed by atoms with Crippen LogP contribution in [-0.4, -0.2) is 52.6 Å². The van der Waals surface area contributed by atoms with Gasteiger partial charge >= 0.3 is 0 Å². The zero-order chi connectivity index (χ0) is 25.5. The van der Waals surface area contributed by atoms with Gasteiger partial charge in [-0.1, -0.05) is 6.07 Å². The molecule has 1 aromatic heterocycles. The number of aryl methyl sites for hydroxylation is 1. The van der Waals surface area contributed by atoms with E-state index in [2.05, 4.69) is 30.8 Å². The molecule has 2 aromatic carbocycles. The molecule has 2 heterocycles. The minimum Gasteiger partial charge on any atom is -0.492 e. The molecule has 8 nitrogen and oxygen atoms in total. The quantitative estimate of drug-likeness (QED) is 0.378. The Morgan fingerprint density at radius 3 is 2.50 bits per heavy atom. The van der Waals surface area contributed by atoms with E-state index in [0.717, 1.165) is 29.2 Å². The smallest absolute Gasteiger partial charge is 0.251 e. The van der Waals surface area contributed by atoms with Crippen molar-refractivity contribution in [2.24, 2.45) is 0 Å². The van der Waals surface area contributed by atoms with Gasteiger partial charge in [0.05, 0.1) is 0 Å². The maximum Gasteiger partial charge on any atom is 0.251 e. The van der Waals surface area contributed by atoms with Gasteiger partial charge < -0.3 is 20.7 Å². The van der Waals surface area contributed by atoms with Crippen LogP contribution < -0.4 is 20.7 Å². The highest BCUT2D eigenvalue weighted by molar-refractivity contribution is 5.95. The van der Waals surface area contributed by atoms with Crippen molar-refractivity contribution in [3.05, 3.63) is 65.9 Å². The third-order valence-corrected chi connectivity index (χ3v) is 5.83. The zero-order valence-corrected chi connectivity index (χ0v) is 21.6. The zero-order valence-electron chi connectivity index (χ0n) is 21.6. The lowest BCUT2D eigenvalue weighted by Gasteiger charge is -2.20. The largest absolute Gasteiger partial charge is 0.492 e. The second-order valence-electron chi connectivity index (χ2n) is 10.2. The molecule has 0 saturated carbocycles. The molecular formula is C28H36N6O2. The van der Waals surface area contributed by atoms with Crippen LogP contribution >= 0.6 is 0 Å². The monoisotopic (exact) mass is 488 g/mol. The van der Waals surface area contributed by atoms with Gasteiger partial charge in [0.1, 0.15) is 18.2 Å². The van der Waals surface area contributed by atoms with E-state index in [4.69, 9.17) is 4.74 Å². The Labute approximate surface area is 213 Å². The first-order valence-corrected chi connectivity index (χ1v) is 12.5. The number of likely N-dealkylation sites (tertiary alicyclic amines) is 1. The molecule has 0 radical (unpaired) electrons. The van der Waals surface area contributed by atoms with E-state index in [0.29, 0.717) is 23.9 Å². The lowest BCUT2D eigenvalue weighted by molar-refractivity contribution is 0.0919. The normalized spacial score (nSPS) is 13.9. The molecule has 0 unspecified atom stereocenters. The Morgan fingerprint density at radius 2 is 1.78 bits per heavy atom. The summed E-state index contributed by atoms with van der Waals surface area (Å²) in [6, 6.07) is 15.2. The van der Waals surface area contributed by atoms with Gasteiger partial charge in [-0.2, -0.15) is 4.98 Å². The SMILES string of the molecule is Cc1cnc(Nc2ccc(OCCN3CCCC3)cc2)nc1Nc1cccc(C(=O)NC(C)(C)C)c1. The number of carbonyl (C=O) groups excluding carboxylic acids is 1. The third-order valence-electron chi connectivity index (χ3n) is 5.83. The summed E-state index contributed by atoms with van der Waals surface area (Å²) in [4.78, 5) is 24.0. The Bertz CT molecular complexity index is 1170. The first-order valence-electron chi connectivity index (χ1n) is 12.5. The van der Waals surface area contributed by atoms with Crippen LogP contribution in [0.5, 0.6) is 5.75 Å². The van der Waals surface area contributed by atoms with Crippen LogP contribution in [0.2, 0.25) is 0 Å². The van der Waals surface area contributed by atoms with Gasteiger partial charge in [0.2, 0.25) is 5.95 Å². The summed E-state index contributed by atoms with van der Waals surface area (Å²) in [5.41, 5.74) is 2.83. The standard InChI is InChI=1S/C28H36N6O2/c1-20-19-29-27(31-22-10-12-24(13-11-22)36-17-16-34-14-5-6-15-34)32-25(20)30-23-9-7-8-21(18-23)26(35)33-28(2,3)4/h7-13,18-19H,5-6,14-17H2,1-4H3,(H,33,35)(H2,29,30,31,32). The topological polar surface area (TPSA) is 91.4 Å². The van der Waals surface area contributed by atoms with Gasteiger partial charge in [0, 0.05) is 40.8 Å². The summed E-state index contributed by atoms with van der Waals surface area (Å²) in [5.74, 6) is 1.88. The average Bonchev–Trinajstić information content (AvgIpc) is 3.35. The van der Waals surface area contributed by atoms with E-state index in [1.54, 1.807) is 12.3 Å². The van der Waals surface area contributed by atoms with Crippen LogP contribution in [0.1, 0.15) is 49.5 Å². The molecule has 0 spiro atoms. The van der Waals surface area contributed by atoms with Gasteiger partial charge in [-0.05, 0) is 96.1 Å². The molecule has 1 aliphatic rings. The summed E-state index contributed by atoms with van der Waals surface area (Å²) in [6.45, 7) is 11.8. The lowest BCUT2D eigenvalue weighted by Crippen LogP contribution is -2.40. The molecule has 1 amide bonds. The number of nitrogens with one attached hydrogen (secondary N) is 3. The fourth-order valence-electron chi connectivity index (χ4n) is 3.98. The molecule has 1 aliphatic heterocycles. The Kier molecular flexibility index (Phi) is 8.05. The van der Waals surface area contributed by atoms with Crippen molar-refractivity contribution in [1.82, 2.24) is 20.2 Å². The molecule has 1 saturated heterocycles. The minimum absolute atomic E-state index is 0.114. The van der Waals surface area contributed by atoms with Crippen molar-refractivity contribution < 1.29 is 9.53 Å². The molecule has 0 atom stereocenters. The highest BCUT2D eigenvalue weighted by Gasteiger charge is 2.16. The first kappa shape index (κ1) is 25.4. The second kappa shape index (κ2) is 11.4. The molecular weight excluding hydrogens is 452 g/mol. The van der Waals surface area contributed by atoms with Gasteiger partial charge in [0.15, 0.2) is 0 Å². The molecule has 3 aromatic rings. The number of amides is 1. The molecule has 8 heteroatoms. The number of hydrogen-bond acceptors (Lipinski definition) is 7. The predicted octanol–water partition coefficient (Wildman–Crippen LogP) is 5.28. The van der Waals surface area contributed by atoms with Crippen molar-refractivity contribution in [3.63, 3.8) is 0 Å². The van der Waals surface area contributed by atoms with Crippen LogP contribution in [0.3, 0.4) is 0 Å². The Morgan fingerprint density at radius 1 is 1.03 bits per heavy atom. The molecule has 36 heavy (non-hydrogen) atoms. The van der Waals surface area contributed by atoms with Gasteiger partial charge in [-0.25, -0.2) is 4.98 Å². The Balaban J connectivity index is 1.37. The molecule has 190 valence electrons. The van der Waals surface area contributed by atoms with E-state index < -0.39 is 0 Å². The number of ether oxygens (including phenoxy) is 1. The van der Waals surface area contributed by atoms with Crippen molar-refractivity contribution in [3.8, 4) is 5.75 Å². The first-order chi connectivity index (χ1) is 17.2. The lowest BCUT2D eigenvalue weighted by atomic mass is 10.1. The summed E-state index contributed by atoms with van der Waals surface area (Å²) >= 11 is 0. The second-order valence-corrected chi connectivity index (χ2v) is 10.2. The maximum atomic E-state index is 12.5. The predicted molar refractivity (Wildman–Crippen MR) is 145 cm³/mol. The minimum atomic E-state index is -0.303. The fourth-order valence-corrected chi connectivity index (χ4v) is 3.98. The Hall–Kier alpha value is -3.65. The van der Waals surface area contributed by atoms with Crippen LogP contribution in [0, 0.1) is 6.92 Å². The van der Waals surface area contributed by atoms with Crippen molar-refractivity contribution in [1.29, 1.82) is 0 Å². The fraction of sp³-hybridized carbons (Fsp3) is 0.393. The van der Waals surface area contributed by atoms with E-state index in [9.17, 15) is 4.79 Å². The average molecular weight is 489 g/mol. The van der Waals surface area contributed by atoms with Crippen molar-refractivity contribution in [2.45, 2.75) is 46.1 Å². The molecule has 3 N–H and O–H groups in total. The van der Waals surface area contributed by atoms with Gasteiger partial charge in [0.25, 0.3) is 5.91 Å². The van der Waals surface area contributed by atoms with Gasteiger partial charge in [-0.3, -0.25) is 9.69 Å². The summed E-state index contributed by atoms with van der Waals surface area (Å²) in [6.07, 6.45) is 4.35. The number of anilines is 4. The highest BCUT2D eigenvalue weighted by atomic mass is 16.5. The van der Waals surface area contributed by atoms with Crippen molar-refractivity contribution in [2.75, 3.05) is 36.9 Å². The van der Waals surface area contributed by atoms with Crippen molar-refractivity contribution >= 4 is 29.0 Å². The van der Waals surface area contributed by atoms with Crippen LogP contribution in [0.4, 0.5) is 23.1 Å². The number of nitrogens with zero attached hydrogens (tertiary/aromatic N) is 3. The number of benzene rings is 2. The highest BCUT2D eigenvalue weighted by Crippen LogP contribution is 2.23. The number of rotatable bonds is 9. The third kappa shape index (κ3) is 7.42. The number of hydrogen-bond donors (Lipinski definition) is 3. The maximum absolute atomic E-state index is 12.5.